The number of aliphatic hydroxyl groups excluding tert-OH is 1. The van der Waals surface area contributed by atoms with Crippen LogP contribution in [0.5, 0.6) is 0 Å². The first kappa shape index (κ1) is 19.7. The SMILES string of the molecule is C[C@@H](O)[C@H]1C(=O)N2C(C(=O)O)=C(SC3COC(C[N+](C)(C)C)C3)[C@H](C)[C@H]12. The van der Waals surface area contributed by atoms with Crippen molar-refractivity contribution in [2.75, 3.05) is 34.3 Å². The second kappa shape index (κ2) is 6.82. The van der Waals surface area contributed by atoms with Crippen LogP contribution in [0.25, 0.3) is 0 Å². The number of ether oxygens (including phenoxy) is 1. The van der Waals surface area contributed by atoms with E-state index in [4.69, 9.17) is 4.74 Å². The van der Waals surface area contributed by atoms with E-state index in [1.165, 1.54) is 4.90 Å². The van der Waals surface area contributed by atoms with Gasteiger partial charge in [-0.25, -0.2) is 4.79 Å². The molecular weight excluding hydrogens is 356 g/mol. The second-order valence-electron chi connectivity index (χ2n) is 8.68. The van der Waals surface area contributed by atoms with Crippen molar-refractivity contribution >= 4 is 23.6 Å². The largest absolute Gasteiger partial charge is 0.477 e. The van der Waals surface area contributed by atoms with Gasteiger partial charge in [0.05, 0.1) is 45.8 Å². The van der Waals surface area contributed by atoms with Gasteiger partial charge < -0.3 is 24.3 Å². The molecule has 0 saturated carbocycles. The average Bonchev–Trinajstić information content (AvgIpc) is 3.00. The molecule has 0 spiro atoms. The predicted molar refractivity (Wildman–Crippen MR) is 98.3 cm³/mol. The van der Waals surface area contributed by atoms with Gasteiger partial charge in [0.25, 0.3) is 0 Å². The van der Waals surface area contributed by atoms with Crippen LogP contribution in [-0.4, -0.2) is 89.3 Å². The van der Waals surface area contributed by atoms with E-state index in [0.29, 0.717) is 6.61 Å². The number of likely N-dealkylation sites (N-methyl/N-ethyl adjacent to an activating group) is 1. The lowest BCUT2D eigenvalue weighted by Gasteiger charge is -2.46. The lowest BCUT2D eigenvalue weighted by atomic mass is 9.79. The highest BCUT2D eigenvalue weighted by Crippen LogP contribution is 2.52. The van der Waals surface area contributed by atoms with E-state index in [0.717, 1.165) is 22.4 Å². The Morgan fingerprint density at radius 2 is 2.08 bits per heavy atom. The summed E-state index contributed by atoms with van der Waals surface area (Å²) in [6.45, 7) is 5.06. The zero-order valence-electron chi connectivity index (χ0n) is 16.0. The molecular formula is C18H29N2O5S+. The van der Waals surface area contributed by atoms with Crippen LogP contribution in [0.15, 0.2) is 10.6 Å². The molecule has 8 heteroatoms. The van der Waals surface area contributed by atoms with Crippen LogP contribution in [-0.2, 0) is 14.3 Å². The lowest BCUT2D eigenvalue weighted by molar-refractivity contribution is -0.873. The first-order chi connectivity index (χ1) is 12.0. The van der Waals surface area contributed by atoms with Crippen LogP contribution >= 0.6 is 11.8 Å². The molecule has 2 saturated heterocycles. The minimum Gasteiger partial charge on any atom is -0.477 e. The number of carboxylic acid groups (broad SMARTS) is 1. The first-order valence-corrected chi connectivity index (χ1v) is 9.96. The van der Waals surface area contributed by atoms with Crippen LogP contribution in [0, 0.1) is 11.8 Å². The van der Waals surface area contributed by atoms with Gasteiger partial charge in [-0.15, -0.1) is 11.8 Å². The lowest BCUT2D eigenvalue weighted by Crippen LogP contribution is -2.63. The number of aliphatic carboxylic acids is 1. The quantitative estimate of drug-likeness (QED) is 0.518. The Hall–Kier alpha value is -1.09. The van der Waals surface area contributed by atoms with Crippen molar-refractivity contribution in [2.24, 2.45) is 11.8 Å². The molecule has 2 unspecified atom stereocenters. The zero-order chi connectivity index (χ0) is 19.4. The summed E-state index contributed by atoms with van der Waals surface area (Å²) < 4.78 is 6.73. The molecule has 0 radical (unpaired) electrons. The molecule has 6 atom stereocenters. The summed E-state index contributed by atoms with van der Waals surface area (Å²) >= 11 is 1.54. The number of nitrogens with zero attached hydrogens (tertiary/aromatic N) is 2. The van der Waals surface area contributed by atoms with Crippen molar-refractivity contribution in [2.45, 2.75) is 43.8 Å². The maximum absolute atomic E-state index is 12.4. The molecule has 0 aliphatic carbocycles. The van der Waals surface area contributed by atoms with Crippen molar-refractivity contribution < 1.29 is 29.0 Å². The number of carbonyl (C=O) groups excluding carboxylic acids is 1. The number of thioether (sulfide) groups is 1. The molecule has 0 bridgehead atoms. The Bertz CT molecular complexity index is 642. The van der Waals surface area contributed by atoms with Crippen molar-refractivity contribution in [3.63, 3.8) is 0 Å². The topological polar surface area (TPSA) is 87.1 Å². The standard InChI is InChI=1S/C18H28N2O5S/c1-9-14-13(10(2)21)17(22)19(14)15(18(23)24)16(9)26-12-6-11(25-8-12)7-20(3,4)5/h9-14,21H,6-8H2,1-5H3/p+1/t9-,10-,11?,12?,13-,14-/m1/s1. The normalized spacial score (nSPS) is 35.5. The minimum atomic E-state index is -1.07. The molecule has 146 valence electrons. The fourth-order valence-corrected chi connectivity index (χ4v) is 5.82. The molecule has 3 heterocycles. The fraction of sp³-hybridized carbons (Fsp3) is 0.778. The number of aliphatic hydroxyl groups is 1. The number of fused-ring (bicyclic) bond motifs is 1. The van der Waals surface area contributed by atoms with Crippen molar-refractivity contribution in [1.82, 2.24) is 4.90 Å². The van der Waals surface area contributed by atoms with Crippen molar-refractivity contribution in [3.05, 3.63) is 10.6 Å². The van der Waals surface area contributed by atoms with Gasteiger partial charge in [-0.3, -0.25) is 4.79 Å². The number of rotatable bonds is 6. The van der Waals surface area contributed by atoms with Crippen LogP contribution in [0.3, 0.4) is 0 Å². The van der Waals surface area contributed by atoms with Gasteiger partial charge in [0.1, 0.15) is 18.3 Å². The molecule has 0 aromatic heterocycles. The Morgan fingerprint density at radius 3 is 2.62 bits per heavy atom. The number of hydrogen-bond donors (Lipinski definition) is 2. The molecule has 1 amide bonds. The van der Waals surface area contributed by atoms with Crippen LogP contribution in [0.1, 0.15) is 20.3 Å². The second-order valence-corrected chi connectivity index (χ2v) is 10.0. The third-order valence-corrected chi connectivity index (χ3v) is 6.88. The highest BCUT2D eigenvalue weighted by molar-refractivity contribution is 8.03. The van der Waals surface area contributed by atoms with E-state index in [1.54, 1.807) is 18.7 Å². The highest BCUT2D eigenvalue weighted by Gasteiger charge is 2.60. The van der Waals surface area contributed by atoms with Gasteiger partial charge in [0.2, 0.25) is 5.91 Å². The van der Waals surface area contributed by atoms with Crippen molar-refractivity contribution in [3.8, 4) is 0 Å². The Kier molecular flexibility index (Phi) is 5.16. The van der Waals surface area contributed by atoms with Crippen LogP contribution in [0.4, 0.5) is 0 Å². The third kappa shape index (κ3) is 3.40. The maximum Gasteiger partial charge on any atom is 0.353 e. The zero-order valence-corrected chi connectivity index (χ0v) is 16.8. The van der Waals surface area contributed by atoms with Gasteiger partial charge in [-0.05, 0) is 13.3 Å². The van der Waals surface area contributed by atoms with E-state index in [2.05, 4.69) is 21.1 Å². The molecule has 3 aliphatic heterocycles. The van der Waals surface area contributed by atoms with E-state index in [1.807, 2.05) is 6.92 Å². The Morgan fingerprint density at radius 1 is 1.42 bits per heavy atom. The summed E-state index contributed by atoms with van der Waals surface area (Å²) in [4.78, 5) is 26.3. The van der Waals surface area contributed by atoms with Crippen LogP contribution in [0.2, 0.25) is 0 Å². The fourth-order valence-electron chi connectivity index (χ4n) is 4.35. The van der Waals surface area contributed by atoms with Crippen molar-refractivity contribution in [1.29, 1.82) is 0 Å². The number of amides is 1. The van der Waals surface area contributed by atoms with Gasteiger partial charge in [0.15, 0.2) is 0 Å². The van der Waals surface area contributed by atoms with E-state index in [9.17, 15) is 19.8 Å². The van der Waals surface area contributed by atoms with Gasteiger partial charge in [-0.1, -0.05) is 6.92 Å². The summed E-state index contributed by atoms with van der Waals surface area (Å²) in [6, 6.07) is -0.250. The van der Waals surface area contributed by atoms with Crippen LogP contribution < -0.4 is 0 Å². The Labute approximate surface area is 158 Å². The number of hydrogen-bond acceptors (Lipinski definition) is 5. The summed E-state index contributed by atoms with van der Waals surface area (Å²) in [7, 11) is 6.38. The van der Waals surface area contributed by atoms with E-state index >= 15 is 0 Å². The summed E-state index contributed by atoms with van der Waals surface area (Å²) in [5.41, 5.74) is 0.101. The Balaban J connectivity index is 1.75. The molecule has 2 fully saturated rings. The number of carboxylic acids is 1. The van der Waals surface area contributed by atoms with Gasteiger partial charge in [0, 0.05) is 16.1 Å². The smallest absolute Gasteiger partial charge is 0.353 e. The monoisotopic (exact) mass is 385 g/mol. The minimum absolute atomic E-state index is 0.0825. The van der Waals surface area contributed by atoms with E-state index in [-0.39, 0.29) is 34.9 Å². The molecule has 3 rings (SSSR count). The first-order valence-electron chi connectivity index (χ1n) is 9.08. The molecule has 2 N–H and O–H groups in total. The maximum atomic E-state index is 12.4. The summed E-state index contributed by atoms with van der Waals surface area (Å²) in [5, 5.41) is 19.8. The summed E-state index contributed by atoms with van der Waals surface area (Å²) in [6.07, 6.45) is 0.276. The van der Waals surface area contributed by atoms with E-state index < -0.39 is 18.0 Å². The predicted octanol–water partition coefficient (Wildman–Crippen LogP) is 0.737. The highest BCUT2D eigenvalue weighted by atomic mass is 32.2. The third-order valence-electron chi connectivity index (χ3n) is 5.40. The van der Waals surface area contributed by atoms with Gasteiger partial charge >= 0.3 is 5.97 Å². The molecule has 26 heavy (non-hydrogen) atoms. The number of carbonyl (C=O) groups is 2. The average molecular weight is 386 g/mol. The van der Waals surface area contributed by atoms with Gasteiger partial charge in [-0.2, -0.15) is 0 Å². The molecule has 0 aromatic carbocycles. The summed E-state index contributed by atoms with van der Waals surface area (Å²) in [5.74, 6) is -1.94. The molecule has 0 aromatic rings. The number of quaternary nitrogens is 1. The molecule has 7 nitrogen and oxygen atoms in total. The number of β-lactam (4-membered cyclic amide) rings is 1. The molecule has 3 aliphatic rings.